The fourth-order valence-corrected chi connectivity index (χ4v) is 2.03. The van der Waals surface area contributed by atoms with Crippen LogP contribution in [0.4, 0.5) is 0 Å². The Morgan fingerprint density at radius 3 is 2.38 bits per heavy atom. The molecular weight excluding hydrogens is 200 g/mol. The van der Waals surface area contributed by atoms with E-state index in [0.29, 0.717) is 24.8 Å². The van der Waals surface area contributed by atoms with Crippen LogP contribution in [0.5, 0.6) is 0 Å². The molecule has 2 atom stereocenters. The van der Waals surface area contributed by atoms with Gasteiger partial charge in [-0.3, -0.25) is 4.79 Å². The van der Waals surface area contributed by atoms with Gasteiger partial charge in [-0.05, 0) is 38.1 Å². The Kier molecular flexibility index (Phi) is 8.26. The van der Waals surface area contributed by atoms with Crippen molar-refractivity contribution in [2.24, 2.45) is 17.6 Å². The number of amides is 1. The second-order valence-corrected chi connectivity index (χ2v) is 5.19. The maximum Gasteiger partial charge on any atom is 0.220 e. The lowest BCUT2D eigenvalue weighted by Crippen LogP contribution is -2.35. The molecule has 3 N–H and O–H groups in total. The maximum atomic E-state index is 11.7. The summed E-state index contributed by atoms with van der Waals surface area (Å²) in [4.78, 5) is 11.7. The molecule has 0 saturated carbocycles. The lowest BCUT2D eigenvalue weighted by atomic mass is 9.94. The average Bonchev–Trinajstić information content (AvgIpc) is 2.15. The normalized spacial score (nSPS) is 14.9. The quantitative estimate of drug-likeness (QED) is 0.670. The summed E-state index contributed by atoms with van der Waals surface area (Å²) in [7, 11) is 0. The molecule has 3 heteroatoms. The molecule has 0 fully saturated rings. The minimum atomic E-state index is 0.150. The van der Waals surface area contributed by atoms with Crippen LogP contribution in [0.2, 0.25) is 0 Å². The number of rotatable bonds is 8. The molecule has 96 valence electrons. The van der Waals surface area contributed by atoms with Crippen molar-refractivity contribution in [1.82, 2.24) is 5.32 Å². The fraction of sp³-hybridized carbons (Fsp3) is 0.923. The minimum Gasteiger partial charge on any atom is -0.354 e. The van der Waals surface area contributed by atoms with Crippen molar-refractivity contribution in [2.45, 2.75) is 59.4 Å². The van der Waals surface area contributed by atoms with Gasteiger partial charge in [0, 0.05) is 12.5 Å². The molecule has 2 unspecified atom stereocenters. The lowest BCUT2D eigenvalue weighted by molar-refractivity contribution is -0.122. The topological polar surface area (TPSA) is 55.1 Å². The van der Waals surface area contributed by atoms with Gasteiger partial charge in [-0.2, -0.15) is 0 Å². The molecule has 0 aliphatic rings. The third-order valence-electron chi connectivity index (χ3n) is 2.74. The van der Waals surface area contributed by atoms with Crippen LogP contribution in [0, 0.1) is 11.8 Å². The average molecular weight is 228 g/mol. The first-order valence-corrected chi connectivity index (χ1v) is 6.49. The van der Waals surface area contributed by atoms with Crippen molar-refractivity contribution in [3.05, 3.63) is 0 Å². The van der Waals surface area contributed by atoms with Crippen molar-refractivity contribution < 1.29 is 4.79 Å². The lowest BCUT2D eigenvalue weighted by Gasteiger charge is -2.18. The van der Waals surface area contributed by atoms with E-state index in [2.05, 4.69) is 33.0 Å². The maximum absolute atomic E-state index is 11.7. The first-order chi connectivity index (χ1) is 7.49. The van der Waals surface area contributed by atoms with Gasteiger partial charge >= 0.3 is 0 Å². The molecule has 0 aliphatic heterocycles. The number of carbonyl (C=O) groups excluding carboxylic acids is 1. The number of nitrogens with two attached hydrogens (primary N) is 1. The molecule has 3 nitrogen and oxygen atoms in total. The summed E-state index contributed by atoms with van der Waals surface area (Å²) in [5.41, 5.74) is 5.68. The minimum absolute atomic E-state index is 0.150. The summed E-state index contributed by atoms with van der Waals surface area (Å²) < 4.78 is 0. The van der Waals surface area contributed by atoms with E-state index in [0.717, 1.165) is 19.3 Å². The Hall–Kier alpha value is -0.570. The molecule has 0 saturated heterocycles. The highest BCUT2D eigenvalue weighted by Gasteiger charge is 2.15. The molecule has 16 heavy (non-hydrogen) atoms. The largest absolute Gasteiger partial charge is 0.354 e. The number of hydrogen-bond acceptors (Lipinski definition) is 2. The molecule has 0 spiro atoms. The molecule has 0 aromatic rings. The van der Waals surface area contributed by atoms with Crippen LogP contribution in [0.15, 0.2) is 0 Å². The first-order valence-electron chi connectivity index (χ1n) is 6.49. The van der Waals surface area contributed by atoms with Crippen LogP contribution in [-0.2, 0) is 4.79 Å². The Balaban J connectivity index is 3.91. The zero-order valence-electron chi connectivity index (χ0n) is 11.3. The number of hydrogen-bond donors (Lipinski definition) is 2. The highest BCUT2D eigenvalue weighted by atomic mass is 16.1. The van der Waals surface area contributed by atoms with Gasteiger partial charge in [0.2, 0.25) is 5.91 Å². The molecule has 0 heterocycles. The molecule has 0 bridgehead atoms. The van der Waals surface area contributed by atoms with Crippen molar-refractivity contribution in [2.75, 3.05) is 6.54 Å². The predicted molar refractivity (Wildman–Crippen MR) is 69.1 cm³/mol. The summed E-state index contributed by atoms with van der Waals surface area (Å²) in [6.45, 7) is 9.12. The second kappa shape index (κ2) is 8.57. The molecule has 0 rings (SSSR count). The van der Waals surface area contributed by atoms with Gasteiger partial charge in [-0.1, -0.05) is 27.2 Å². The molecule has 0 radical (unpaired) electrons. The molecule has 1 amide bonds. The van der Waals surface area contributed by atoms with Gasteiger partial charge in [0.15, 0.2) is 0 Å². The molecule has 0 aromatic heterocycles. The first kappa shape index (κ1) is 15.4. The number of nitrogens with one attached hydrogen (secondary N) is 1. The highest BCUT2D eigenvalue weighted by molar-refractivity contribution is 5.76. The monoisotopic (exact) mass is 228 g/mol. The fourth-order valence-electron chi connectivity index (χ4n) is 2.03. The summed E-state index contributed by atoms with van der Waals surface area (Å²) in [5.74, 6) is 1.08. The molecular formula is C13H28N2O. The third kappa shape index (κ3) is 7.69. The smallest absolute Gasteiger partial charge is 0.220 e. The summed E-state index contributed by atoms with van der Waals surface area (Å²) in [6, 6.07) is 0.287. The summed E-state index contributed by atoms with van der Waals surface area (Å²) in [6.07, 6.45) is 3.76. The van der Waals surface area contributed by atoms with Crippen molar-refractivity contribution in [3.63, 3.8) is 0 Å². The van der Waals surface area contributed by atoms with Gasteiger partial charge < -0.3 is 11.1 Å². The van der Waals surface area contributed by atoms with E-state index in [-0.39, 0.29) is 11.9 Å². The van der Waals surface area contributed by atoms with E-state index in [1.807, 2.05) is 0 Å². The summed E-state index contributed by atoms with van der Waals surface area (Å²) in [5, 5.41) is 3.02. The Labute approximate surface area is 100 Å². The van der Waals surface area contributed by atoms with Crippen LogP contribution < -0.4 is 11.1 Å². The Morgan fingerprint density at radius 2 is 1.94 bits per heavy atom. The Bertz CT molecular complexity index is 192. The van der Waals surface area contributed by atoms with Crippen LogP contribution >= 0.6 is 0 Å². The third-order valence-corrected chi connectivity index (χ3v) is 2.74. The molecule has 0 aliphatic carbocycles. The van der Waals surface area contributed by atoms with Crippen LogP contribution in [-0.4, -0.2) is 18.5 Å². The van der Waals surface area contributed by atoms with E-state index in [1.54, 1.807) is 0 Å². The summed E-state index contributed by atoms with van der Waals surface area (Å²) >= 11 is 0. The van der Waals surface area contributed by atoms with Gasteiger partial charge in [-0.25, -0.2) is 0 Å². The highest BCUT2D eigenvalue weighted by Crippen LogP contribution is 2.14. The van der Waals surface area contributed by atoms with Gasteiger partial charge in [0.25, 0.3) is 0 Å². The molecule has 0 aromatic carbocycles. The van der Waals surface area contributed by atoms with Gasteiger partial charge in [0.1, 0.15) is 0 Å². The zero-order valence-corrected chi connectivity index (χ0v) is 11.3. The standard InChI is InChI=1S/C13H28N2O/c1-5-6-11(4)15-13(16)8-12(9-14)7-10(2)3/h10-12H,5-9,14H2,1-4H3,(H,15,16). The second-order valence-electron chi connectivity index (χ2n) is 5.19. The van der Waals surface area contributed by atoms with E-state index in [9.17, 15) is 4.79 Å². The van der Waals surface area contributed by atoms with E-state index in [4.69, 9.17) is 5.73 Å². The van der Waals surface area contributed by atoms with Crippen LogP contribution in [0.25, 0.3) is 0 Å². The van der Waals surface area contributed by atoms with Crippen molar-refractivity contribution in [3.8, 4) is 0 Å². The predicted octanol–water partition coefficient (Wildman–Crippen LogP) is 2.30. The Morgan fingerprint density at radius 1 is 1.31 bits per heavy atom. The van der Waals surface area contributed by atoms with E-state index >= 15 is 0 Å². The van der Waals surface area contributed by atoms with Crippen molar-refractivity contribution >= 4 is 5.91 Å². The SMILES string of the molecule is CCCC(C)NC(=O)CC(CN)CC(C)C. The number of carbonyl (C=O) groups is 1. The van der Waals surface area contributed by atoms with E-state index in [1.165, 1.54) is 0 Å². The van der Waals surface area contributed by atoms with Crippen molar-refractivity contribution in [1.29, 1.82) is 0 Å². The van der Waals surface area contributed by atoms with Crippen LogP contribution in [0.1, 0.15) is 53.4 Å². The van der Waals surface area contributed by atoms with Gasteiger partial charge in [-0.15, -0.1) is 0 Å². The zero-order chi connectivity index (χ0) is 12.6. The van der Waals surface area contributed by atoms with Gasteiger partial charge in [0.05, 0.1) is 0 Å². The van der Waals surface area contributed by atoms with E-state index < -0.39 is 0 Å². The van der Waals surface area contributed by atoms with Crippen LogP contribution in [0.3, 0.4) is 0 Å².